The highest BCUT2D eigenvalue weighted by Crippen LogP contribution is 2.49. The van der Waals surface area contributed by atoms with Gasteiger partial charge >= 0.3 is 5.97 Å². The molecule has 1 amide bonds. The zero-order valence-electron chi connectivity index (χ0n) is 25.1. The van der Waals surface area contributed by atoms with Crippen LogP contribution in [0.1, 0.15) is 24.1 Å². The fraction of sp³-hybridized carbons (Fsp3) is 0.111. The lowest BCUT2D eigenvalue weighted by molar-refractivity contribution is -0.384. The first-order valence-electron chi connectivity index (χ1n) is 14.8. The number of esters is 1. The number of carbonyl (C=O) groups is 2. The van der Waals surface area contributed by atoms with Crippen LogP contribution in [0, 0.1) is 10.1 Å². The number of hydrogen-bond donors (Lipinski definition) is 0. The van der Waals surface area contributed by atoms with Gasteiger partial charge in [0.2, 0.25) is 5.91 Å². The summed E-state index contributed by atoms with van der Waals surface area (Å²) in [6.45, 7) is -3.23. The molecule has 2 heterocycles. The van der Waals surface area contributed by atoms with Crippen molar-refractivity contribution >= 4 is 62.9 Å². The minimum atomic E-state index is -3.08. The van der Waals surface area contributed by atoms with Crippen molar-refractivity contribution in [1.29, 1.82) is 0 Å². The number of nitro groups is 1. The Hall–Kier alpha value is -5.31. The van der Waals surface area contributed by atoms with Crippen LogP contribution in [0.25, 0.3) is 0 Å². The van der Waals surface area contributed by atoms with Gasteiger partial charge in [-0.2, -0.15) is 0 Å². The number of benzene rings is 4. The van der Waals surface area contributed by atoms with Gasteiger partial charge < -0.3 is 9.64 Å². The van der Waals surface area contributed by atoms with Crippen LogP contribution < -0.4 is 15.9 Å². The van der Waals surface area contributed by atoms with Gasteiger partial charge in [0.25, 0.3) is 5.69 Å². The number of thiocarbonyl (C=S) groups is 1. The van der Waals surface area contributed by atoms with E-state index in [4.69, 9.17) is 17.0 Å². The van der Waals surface area contributed by atoms with Crippen LogP contribution in [0.15, 0.2) is 134 Å². The monoisotopic (exact) mass is 660 g/mol. The Morgan fingerprint density at radius 3 is 1.89 bits per heavy atom. The smallest absolute Gasteiger partial charge is 0.356 e. The minimum absolute atomic E-state index is 0.0665. The third-order valence-corrected chi connectivity index (χ3v) is 12.6. The first kappa shape index (κ1) is 31.7. The molecule has 1 fully saturated rings. The number of aromatic nitrogens is 2. The van der Waals surface area contributed by atoms with Crippen LogP contribution in [-0.4, -0.2) is 48.0 Å². The zero-order chi connectivity index (χ0) is 32.8. The molecule has 0 aliphatic carbocycles. The Morgan fingerprint density at radius 1 is 0.872 bits per heavy atom. The van der Waals surface area contributed by atoms with Gasteiger partial charge in [0.05, 0.1) is 16.7 Å². The number of nitrogens with zero attached hydrogens (tertiary/aromatic N) is 4. The van der Waals surface area contributed by atoms with Gasteiger partial charge in [-0.15, -0.1) is 0 Å². The van der Waals surface area contributed by atoms with Gasteiger partial charge in [0.1, 0.15) is 18.4 Å². The van der Waals surface area contributed by atoms with Gasteiger partial charge in [-0.3, -0.25) is 14.9 Å². The number of amides is 1. The molecular weight excluding hydrogens is 631 g/mol. The maximum absolute atomic E-state index is 14.8. The number of non-ortho nitro benzene ring substituents is 1. The van der Waals surface area contributed by atoms with Crippen molar-refractivity contribution in [1.82, 2.24) is 14.9 Å². The van der Waals surface area contributed by atoms with E-state index in [0.717, 1.165) is 15.9 Å². The number of rotatable bonds is 11. The van der Waals surface area contributed by atoms with Gasteiger partial charge in [-0.25, -0.2) is 14.8 Å². The lowest BCUT2D eigenvalue weighted by atomic mass is 9.96. The first-order chi connectivity index (χ1) is 22.9. The second-order valence-corrected chi connectivity index (χ2v) is 14.7. The SMILES string of the molecule is O=C(OCc1ccc([N+](=O)[O-])cc1)C(N1C(=O)CC1CC(=S)c1ccncn1)=P(c1ccccc1)(c1ccccc1)c1ccccc1. The Balaban J connectivity index is 1.57. The van der Waals surface area contributed by atoms with E-state index in [0.29, 0.717) is 22.5 Å². The van der Waals surface area contributed by atoms with Gasteiger partial charge in [-0.05, 0) is 39.7 Å². The molecule has 1 unspecified atom stereocenters. The van der Waals surface area contributed by atoms with E-state index < -0.39 is 23.8 Å². The molecule has 9 nitrogen and oxygen atoms in total. The summed E-state index contributed by atoms with van der Waals surface area (Å²) in [7, 11) is 0. The predicted octanol–water partition coefficient (Wildman–Crippen LogP) is 4.96. The largest absolute Gasteiger partial charge is 0.456 e. The highest BCUT2D eigenvalue weighted by molar-refractivity contribution is 7.96. The molecule has 47 heavy (non-hydrogen) atoms. The van der Waals surface area contributed by atoms with E-state index >= 15 is 0 Å². The number of hydrogen-bond acceptors (Lipinski definition) is 8. The molecule has 0 radical (unpaired) electrons. The molecule has 4 aromatic carbocycles. The topological polar surface area (TPSA) is 116 Å². The van der Waals surface area contributed by atoms with Crippen LogP contribution in [0.5, 0.6) is 0 Å². The van der Waals surface area contributed by atoms with Crippen LogP contribution in [0.4, 0.5) is 5.69 Å². The third-order valence-electron chi connectivity index (χ3n) is 8.01. The van der Waals surface area contributed by atoms with E-state index in [1.54, 1.807) is 29.3 Å². The molecule has 1 aliphatic heterocycles. The highest BCUT2D eigenvalue weighted by Gasteiger charge is 2.47. The molecule has 0 bridgehead atoms. The molecule has 234 valence electrons. The number of ether oxygens (including phenoxy) is 1. The summed E-state index contributed by atoms with van der Waals surface area (Å²) in [5.41, 5.74) is 1.34. The van der Waals surface area contributed by atoms with E-state index in [2.05, 4.69) is 9.97 Å². The van der Waals surface area contributed by atoms with Crippen molar-refractivity contribution in [3.05, 3.63) is 155 Å². The fourth-order valence-corrected chi connectivity index (χ4v) is 10.5. The summed E-state index contributed by atoms with van der Waals surface area (Å²) in [6, 6.07) is 36.4. The quantitative estimate of drug-likeness (QED) is 0.0372. The normalized spacial score (nSPS) is 14.2. The Labute approximate surface area is 277 Å². The van der Waals surface area contributed by atoms with Gasteiger partial charge in [-0.1, -0.05) is 103 Å². The van der Waals surface area contributed by atoms with Crippen molar-refractivity contribution in [2.75, 3.05) is 0 Å². The Morgan fingerprint density at radius 2 is 1.43 bits per heavy atom. The maximum atomic E-state index is 14.8. The van der Waals surface area contributed by atoms with Crippen molar-refractivity contribution in [2.45, 2.75) is 25.5 Å². The highest BCUT2D eigenvalue weighted by atomic mass is 32.1. The van der Waals surface area contributed by atoms with E-state index in [-0.39, 0.29) is 30.0 Å². The summed E-state index contributed by atoms with van der Waals surface area (Å²) in [4.78, 5) is 49.7. The summed E-state index contributed by atoms with van der Waals surface area (Å²) in [5, 5.41) is 13.8. The fourth-order valence-electron chi connectivity index (χ4n) is 5.80. The standard InChI is InChI=1S/C36H29N4O5PS/c41-34-23-28(22-33(47)32-20-21-37-25-38-32)39(34)35(36(42)45-24-26-16-18-27(19-17-26)40(43)44)46(29-10-4-1-5-11-29,30-12-6-2-7-13-30)31-14-8-3-9-15-31/h1-21,25,28H,22-24H2. The lowest BCUT2D eigenvalue weighted by Crippen LogP contribution is -2.60. The second kappa shape index (κ2) is 14.0. The van der Waals surface area contributed by atoms with Crippen molar-refractivity contribution in [2.24, 2.45) is 0 Å². The van der Waals surface area contributed by atoms with Crippen LogP contribution in [-0.2, 0) is 20.9 Å². The lowest BCUT2D eigenvalue weighted by Gasteiger charge is -2.45. The number of likely N-dealkylation sites (tertiary alicyclic amines) is 1. The Kier molecular flexibility index (Phi) is 9.42. The number of β-lactam (4-membered cyclic amide) rings is 1. The molecule has 0 N–H and O–H groups in total. The van der Waals surface area contributed by atoms with Crippen molar-refractivity contribution in [3.63, 3.8) is 0 Å². The van der Waals surface area contributed by atoms with Crippen molar-refractivity contribution < 1.29 is 19.2 Å². The van der Waals surface area contributed by atoms with Crippen LogP contribution in [0.2, 0.25) is 0 Å². The van der Waals surface area contributed by atoms with E-state index in [1.807, 2.05) is 91.0 Å². The molecular formula is C36H29N4O5PS. The molecule has 1 atom stereocenters. The van der Waals surface area contributed by atoms with Gasteiger partial charge in [0.15, 0.2) is 0 Å². The van der Waals surface area contributed by atoms with Crippen molar-refractivity contribution in [3.8, 4) is 0 Å². The predicted molar refractivity (Wildman–Crippen MR) is 187 cm³/mol. The molecule has 1 aliphatic rings. The summed E-state index contributed by atoms with van der Waals surface area (Å²) >= 11 is 5.77. The number of nitro benzene ring substituents is 1. The number of carbonyl (C=O) groups excluding carboxylic acids is 2. The molecule has 6 rings (SSSR count). The molecule has 11 heteroatoms. The second-order valence-electron chi connectivity index (χ2n) is 10.8. The first-order valence-corrected chi connectivity index (χ1v) is 17.0. The van der Waals surface area contributed by atoms with Gasteiger partial charge in [0, 0.05) is 42.9 Å². The Bertz CT molecular complexity index is 1870. The van der Waals surface area contributed by atoms with Crippen LogP contribution in [0.3, 0.4) is 0 Å². The third kappa shape index (κ3) is 6.38. The zero-order valence-corrected chi connectivity index (χ0v) is 26.8. The van der Waals surface area contributed by atoms with E-state index in [9.17, 15) is 19.7 Å². The molecule has 5 aromatic rings. The minimum Gasteiger partial charge on any atom is -0.456 e. The molecule has 1 saturated heterocycles. The average molecular weight is 661 g/mol. The molecule has 0 spiro atoms. The molecule has 0 saturated carbocycles. The average Bonchev–Trinajstić information content (AvgIpc) is 3.12. The molecule has 1 aromatic heterocycles. The summed E-state index contributed by atoms with van der Waals surface area (Å²) in [5.74, 6) is -0.866. The maximum Gasteiger partial charge on any atom is 0.356 e. The van der Waals surface area contributed by atoms with E-state index in [1.165, 1.54) is 18.5 Å². The summed E-state index contributed by atoms with van der Waals surface area (Å²) < 4.78 is 6.04. The summed E-state index contributed by atoms with van der Waals surface area (Å²) in [6.07, 6.45) is 3.55. The van der Waals surface area contributed by atoms with Crippen LogP contribution >= 0.6 is 19.1 Å².